The van der Waals surface area contributed by atoms with Crippen LogP contribution in [0.2, 0.25) is 0 Å². The van der Waals surface area contributed by atoms with Crippen LogP contribution < -0.4 is 15.9 Å². The van der Waals surface area contributed by atoms with Crippen molar-refractivity contribution in [2.75, 3.05) is 11.4 Å². The zero-order valence-electron chi connectivity index (χ0n) is 15.4. The van der Waals surface area contributed by atoms with E-state index in [-0.39, 0.29) is 18.9 Å². The first-order valence-corrected chi connectivity index (χ1v) is 9.10. The van der Waals surface area contributed by atoms with Crippen LogP contribution in [0, 0.1) is 5.82 Å². The normalized spacial score (nSPS) is 12.9. The number of amides is 2. The summed E-state index contributed by atoms with van der Waals surface area (Å²) in [6, 6.07) is 14.6. The summed E-state index contributed by atoms with van der Waals surface area (Å²) in [6.45, 7) is 0.167. The second kappa shape index (κ2) is 7.70. The fourth-order valence-corrected chi connectivity index (χ4v) is 3.22. The Bertz CT molecular complexity index is 1110. The van der Waals surface area contributed by atoms with Gasteiger partial charge < -0.3 is 5.32 Å². The zero-order chi connectivity index (χ0) is 20.4. The molecule has 0 bridgehead atoms. The summed E-state index contributed by atoms with van der Waals surface area (Å²) in [7, 11) is 0. The van der Waals surface area contributed by atoms with Crippen LogP contribution in [-0.2, 0) is 24.3 Å². The van der Waals surface area contributed by atoms with Gasteiger partial charge in [-0.1, -0.05) is 30.3 Å². The molecule has 4 rings (SSSR count). The van der Waals surface area contributed by atoms with Crippen molar-refractivity contribution in [2.24, 2.45) is 0 Å². The van der Waals surface area contributed by atoms with Crippen LogP contribution in [-0.4, -0.2) is 32.8 Å². The Morgan fingerprint density at radius 2 is 1.79 bits per heavy atom. The van der Waals surface area contributed by atoms with Crippen molar-refractivity contribution in [3.05, 3.63) is 82.3 Å². The van der Waals surface area contributed by atoms with Crippen molar-refractivity contribution in [3.63, 3.8) is 0 Å². The van der Waals surface area contributed by atoms with Gasteiger partial charge in [-0.2, -0.15) is 9.67 Å². The summed E-state index contributed by atoms with van der Waals surface area (Å²) in [5, 5.41) is 2.75. The molecule has 2 aromatic carbocycles. The van der Waals surface area contributed by atoms with Gasteiger partial charge in [0.1, 0.15) is 12.4 Å². The summed E-state index contributed by atoms with van der Waals surface area (Å²) < 4.78 is 15.2. The average Bonchev–Trinajstić information content (AvgIpc) is 3.19. The second-order valence-corrected chi connectivity index (χ2v) is 6.61. The number of halogens is 1. The number of carbonyl (C=O) groups excluding carboxylic acids is 2. The van der Waals surface area contributed by atoms with E-state index < -0.39 is 23.4 Å². The Hall–Kier alpha value is -3.75. The third-order valence-corrected chi connectivity index (χ3v) is 4.65. The fraction of sp³-hybridized carbons (Fsp3) is 0.200. The van der Waals surface area contributed by atoms with Gasteiger partial charge in [0.2, 0.25) is 5.91 Å². The van der Waals surface area contributed by atoms with Crippen molar-refractivity contribution in [3.8, 4) is 0 Å². The minimum absolute atomic E-state index is 0.0718. The number of rotatable bonds is 6. The summed E-state index contributed by atoms with van der Waals surface area (Å²) >= 11 is 0. The van der Waals surface area contributed by atoms with Crippen molar-refractivity contribution in [1.29, 1.82) is 0 Å². The standard InChI is InChI=1S/C20H18FN5O3/c21-15-6-8-16(9-7-15)24-12-17-23-19(28)25(26(17)20(24)29)13-18(27)22-11-10-14-4-2-1-3-5-14/h1-9H,10-13H2,(H,22,27). The number of anilines is 1. The first-order chi connectivity index (χ1) is 14.0. The molecule has 2 amide bonds. The first-order valence-electron chi connectivity index (χ1n) is 9.10. The lowest BCUT2D eigenvalue weighted by Gasteiger charge is -2.15. The molecule has 1 aliphatic heterocycles. The van der Waals surface area contributed by atoms with Crippen molar-refractivity contribution in [2.45, 2.75) is 19.5 Å². The van der Waals surface area contributed by atoms with E-state index in [2.05, 4.69) is 10.3 Å². The maximum absolute atomic E-state index is 13.1. The van der Waals surface area contributed by atoms with Gasteiger partial charge in [0.05, 0.1) is 6.54 Å². The number of nitrogens with zero attached hydrogens (tertiary/aromatic N) is 4. The van der Waals surface area contributed by atoms with E-state index in [1.54, 1.807) is 0 Å². The molecule has 3 aromatic rings. The maximum atomic E-state index is 13.1. The molecule has 0 unspecified atom stereocenters. The highest BCUT2D eigenvalue weighted by atomic mass is 19.1. The quantitative estimate of drug-likeness (QED) is 0.686. The molecule has 0 fully saturated rings. The Kier molecular flexibility index (Phi) is 4.94. The SMILES string of the molecule is O=C(Cn1c(=O)nc2n1C(=O)N(c1ccc(F)cc1)C2)NCCc1ccccc1. The Morgan fingerprint density at radius 1 is 1.07 bits per heavy atom. The molecular formula is C20H18FN5O3. The summed E-state index contributed by atoms with van der Waals surface area (Å²) in [6.07, 6.45) is 0.656. The molecule has 1 N–H and O–H groups in total. The topological polar surface area (TPSA) is 89.2 Å². The van der Waals surface area contributed by atoms with Gasteiger partial charge in [0.25, 0.3) is 0 Å². The summed E-state index contributed by atoms with van der Waals surface area (Å²) in [5.41, 5.74) is 0.902. The predicted octanol–water partition coefficient (Wildman–Crippen LogP) is 1.53. The lowest BCUT2D eigenvalue weighted by Crippen LogP contribution is -2.38. The Labute approximate surface area is 165 Å². The Balaban J connectivity index is 1.44. The number of benzene rings is 2. The smallest absolute Gasteiger partial charge is 0.354 e. The van der Waals surface area contributed by atoms with Crippen LogP contribution in [0.3, 0.4) is 0 Å². The van der Waals surface area contributed by atoms with Gasteiger partial charge in [-0.15, -0.1) is 0 Å². The van der Waals surface area contributed by atoms with Gasteiger partial charge in [0.15, 0.2) is 5.82 Å². The van der Waals surface area contributed by atoms with Crippen LogP contribution >= 0.6 is 0 Å². The molecule has 0 aliphatic carbocycles. The van der Waals surface area contributed by atoms with E-state index >= 15 is 0 Å². The van der Waals surface area contributed by atoms with Gasteiger partial charge in [-0.3, -0.25) is 9.69 Å². The molecule has 0 atom stereocenters. The van der Waals surface area contributed by atoms with Crippen molar-refractivity contribution >= 4 is 17.6 Å². The number of hydrogen-bond acceptors (Lipinski definition) is 4. The number of hydrogen-bond donors (Lipinski definition) is 1. The van der Waals surface area contributed by atoms with E-state index in [4.69, 9.17) is 0 Å². The third-order valence-electron chi connectivity index (χ3n) is 4.65. The van der Waals surface area contributed by atoms with Gasteiger partial charge in [-0.05, 0) is 36.2 Å². The molecular weight excluding hydrogens is 377 g/mol. The Morgan fingerprint density at radius 3 is 2.52 bits per heavy atom. The molecule has 0 spiro atoms. The van der Waals surface area contributed by atoms with Crippen molar-refractivity contribution in [1.82, 2.24) is 19.7 Å². The molecule has 1 aromatic heterocycles. The molecule has 1 aliphatic rings. The van der Waals surface area contributed by atoms with Crippen LogP contribution in [0.4, 0.5) is 14.9 Å². The summed E-state index contributed by atoms with van der Waals surface area (Å²) in [5.74, 6) is -0.567. The average molecular weight is 395 g/mol. The molecule has 0 saturated heterocycles. The molecule has 0 saturated carbocycles. The van der Waals surface area contributed by atoms with Crippen molar-refractivity contribution < 1.29 is 14.0 Å². The van der Waals surface area contributed by atoms with E-state index in [1.165, 1.54) is 29.2 Å². The number of aromatic nitrogens is 3. The number of carbonyl (C=O) groups is 2. The van der Waals surface area contributed by atoms with E-state index in [0.29, 0.717) is 18.7 Å². The van der Waals surface area contributed by atoms with E-state index in [0.717, 1.165) is 14.9 Å². The second-order valence-electron chi connectivity index (χ2n) is 6.61. The fourth-order valence-electron chi connectivity index (χ4n) is 3.22. The molecule has 29 heavy (non-hydrogen) atoms. The van der Waals surface area contributed by atoms with Crippen LogP contribution in [0.15, 0.2) is 59.4 Å². The molecule has 0 radical (unpaired) electrons. The van der Waals surface area contributed by atoms with Gasteiger partial charge in [0, 0.05) is 12.2 Å². The summed E-state index contributed by atoms with van der Waals surface area (Å²) in [4.78, 5) is 42.4. The highest BCUT2D eigenvalue weighted by molar-refractivity contribution is 5.95. The predicted molar refractivity (Wildman–Crippen MR) is 103 cm³/mol. The van der Waals surface area contributed by atoms with Gasteiger partial charge in [-0.25, -0.2) is 18.7 Å². The molecule has 8 nitrogen and oxygen atoms in total. The lowest BCUT2D eigenvalue weighted by molar-refractivity contribution is -0.121. The van der Waals surface area contributed by atoms with Gasteiger partial charge >= 0.3 is 11.7 Å². The lowest BCUT2D eigenvalue weighted by atomic mass is 10.1. The molecule has 9 heteroatoms. The first kappa shape index (κ1) is 18.6. The minimum Gasteiger partial charge on any atom is -0.354 e. The van der Waals surface area contributed by atoms with E-state index in [9.17, 15) is 18.8 Å². The maximum Gasteiger partial charge on any atom is 0.365 e. The highest BCUT2D eigenvalue weighted by Gasteiger charge is 2.33. The minimum atomic E-state index is -0.662. The third kappa shape index (κ3) is 3.79. The monoisotopic (exact) mass is 395 g/mol. The van der Waals surface area contributed by atoms with E-state index in [1.807, 2.05) is 30.3 Å². The molecule has 2 heterocycles. The number of nitrogens with one attached hydrogen (secondary N) is 1. The highest BCUT2D eigenvalue weighted by Crippen LogP contribution is 2.22. The van der Waals surface area contributed by atoms with Crippen LogP contribution in [0.1, 0.15) is 11.4 Å². The molecule has 148 valence electrons. The van der Waals surface area contributed by atoms with Crippen LogP contribution in [0.25, 0.3) is 0 Å². The zero-order valence-corrected chi connectivity index (χ0v) is 15.4. The number of fused-ring (bicyclic) bond motifs is 1. The largest absolute Gasteiger partial charge is 0.365 e. The van der Waals surface area contributed by atoms with Crippen LogP contribution in [0.5, 0.6) is 0 Å².